The van der Waals surface area contributed by atoms with Crippen LogP contribution in [0.5, 0.6) is 0 Å². The van der Waals surface area contributed by atoms with Gasteiger partial charge in [0.05, 0.1) is 5.02 Å². The zero-order chi connectivity index (χ0) is 18.6. The Bertz CT molecular complexity index is 1140. The first-order valence-electron chi connectivity index (χ1n) is 8.49. The van der Waals surface area contributed by atoms with Gasteiger partial charge in [-0.2, -0.15) is 0 Å². The summed E-state index contributed by atoms with van der Waals surface area (Å²) in [5.41, 5.74) is 3.75. The average molecular weight is 371 g/mol. The van der Waals surface area contributed by atoms with Crippen molar-refractivity contribution >= 4 is 34.5 Å². The predicted molar refractivity (Wildman–Crippen MR) is 110 cm³/mol. The number of pyridine rings is 2. The maximum Gasteiger partial charge on any atom is 0.188 e. The molecule has 0 bridgehead atoms. The average Bonchev–Trinajstić information content (AvgIpc) is 2.72. The molecule has 4 rings (SSSR count). The molecule has 4 heteroatoms. The van der Waals surface area contributed by atoms with Crippen LogP contribution in [0.15, 0.2) is 85.2 Å². The number of nitrogens with zero attached hydrogens (tertiary/aromatic N) is 2. The maximum absolute atomic E-state index is 13.0. The Morgan fingerprint density at radius 2 is 1.56 bits per heavy atom. The first kappa shape index (κ1) is 17.1. The highest BCUT2D eigenvalue weighted by Crippen LogP contribution is 2.32. The first-order valence-corrected chi connectivity index (χ1v) is 8.87. The van der Waals surface area contributed by atoms with E-state index in [1.165, 1.54) is 0 Å². The van der Waals surface area contributed by atoms with Gasteiger partial charge in [0.1, 0.15) is 0 Å². The molecule has 0 radical (unpaired) electrons. The molecule has 4 aromatic rings. The number of benzene rings is 2. The second kappa shape index (κ2) is 7.52. The van der Waals surface area contributed by atoms with Gasteiger partial charge in [-0.3, -0.25) is 4.79 Å². The summed E-state index contributed by atoms with van der Waals surface area (Å²) in [5, 5.41) is 1.26. The van der Waals surface area contributed by atoms with E-state index in [2.05, 4.69) is 9.97 Å². The highest BCUT2D eigenvalue weighted by atomic mass is 35.5. The summed E-state index contributed by atoms with van der Waals surface area (Å²) < 4.78 is 0. The number of hydrogen-bond acceptors (Lipinski definition) is 3. The third kappa shape index (κ3) is 3.64. The Hall–Kier alpha value is -3.30. The van der Waals surface area contributed by atoms with E-state index in [-0.39, 0.29) is 5.78 Å². The van der Waals surface area contributed by atoms with Gasteiger partial charge in [0.25, 0.3) is 0 Å². The fourth-order valence-electron chi connectivity index (χ4n) is 2.98. The molecule has 130 valence electrons. The van der Waals surface area contributed by atoms with Crippen molar-refractivity contribution in [2.24, 2.45) is 0 Å². The van der Waals surface area contributed by atoms with Gasteiger partial charge in [-0.25, -0.2) is 9.97 Å². The highest BCUT2D eigenvalue weighted by Gasteiger charge is 2.16. The van der Waals surface area contributed by atoms with Gasteiger partial charge in [-0.15, -0.1) is 0 Å². The lowest BCUT2D eigenvalue weighted by molar-refractivity contribution is 0.104. The topological polar surface area (TPSA) is 42.9 Å². The first-order chi connectivity index (χ1) is 13.2. The summed E-state index contributed by atoms with van der Waals surface area (Å²) in [6, 6.07) is 21.3. The van der Waals surface area contributed by atoms with Gasteiger partial charge in [0.15, 0.2) is 11.4 Å². The molecule has 0 spiro atoms. The lowest BCUT2D eigenvalue weighted by Crippen LogP contribution is -2.01. The maximum atomic E-state index is 13.0. The minimum atomic E-state index is -0.118. The molecule has 2 heterocycles. The number of halogens is 1. The molecule has 0 saturated carbocycles. The van der Waals surface area contributed by atoms with Crippen molar-refractivity contribution in [2.45, 2.75) is 0 Å². The summed E-state index contributed by atoms with van der Waals surface area (Å²) in [4.78, 5) is 21.6. The van der Waals surface area contributed by atoms with Crippen LogP contribution in [0, 0.1) is 0 Å². The molecule has 0 unspecified atom stereocenters. The number of rotatable bonds is 4. The molecular formula is C23H15ClN2O. The molecule has 0 aliphatic heterocycles. The van der Waals surface area contributed by atoms with Crippen LogP contribution in [0.25, 0.3) is 28.2 Å². The molecule has 2 aromatic heterocycles. The molecule has 0 N–H and O–H groups in total. The minimum Gasteiger partial charge on any atom is -0.289 e. The molecule has 0 aliphatic carbocycles. The fraction of sp³-hybridized carbons (Fsp3) is 0. The number of fused-ring (bicyclic) bond motifs is 1. The van der Waals surface area contributed by atoms with E-state index in [4.69, 9.17) is 11.6 Å². The van der Waals surface area contributed by atoms with Crippen molar-refractivity contribution in [3.05, 3.63) is 101 Å². The van der Waals surface area contributed by atoms with Crippen molar-refractivity contribution in [3.8, 4) is 11.1 Å². The van der Waals surface area contributed by atoms with Crippen LogP contribution in [0.3, 0.4) is 0 Å². The van der Waals surface area contributed by atoms with Crippen molar-refractivity contribution < 1.29 is 4.79 Å². The van der Waals surface area contributed by atoms with Crippen molar-refractivity contribution in [3.63, 3.8) is 0 Å². The largest absolute Gasteiger partial charge is 0.289 e. The third-order valence-corrected chi connectivity index (χ3v) is 4.45. The summed E-state index contributed by atoms with van der Waals surface area (Å²) in [5.74, 6) is -0.118. The lowest BCUT2D eigenvalue weighted by atomic mass is 9.95. The van der Waals surface area contributed by atoms with E-state index in [0.717, 1.165) is 22.1 Å². The SMILES string of the molecule is O=C(C=Cc1ccccc1)c1cnc2ncc(Cl)cc2c1-c1ccccc1. The van der Waals surface area contributed by atoms with E-state index in [1.54, 1.807) is 30.6 Å². The predicted octanol–water partition coefficient (Wildman–Crippen LogP) is 5.85. The smallest absolute Gasteiger partial charge is 0.188 e. The second-order valence-corrected chi connectivity index (χ2v) is 6.48. The molecule has 0 atom stereocenters. The zero-order valence-electron chi connectivity index (χ0n) is 14.3. The molecule has 3 nitrogen and oxygen atoms in total. The number of aromatic nitrogens is 2. The summed E-state index contributed by atoms with van der Waals surface area (Å²) in [7, 11) is 0. The molecule has 2 aromatic carbocycles. The van der Waals surface area contributed by atoms with Crippen LogP contribution in [-0.2, 0) is 0 Å². The highest BCUT2D eigenvalue weighted by molar-refractivity contribution is 6.31. The van der Waals surface area contributed by atoms with Crippen molar-refractivity contribution in [1.29, 1.82) is 0 Å². The van der Waals surface area contributed by atoms with E-state index >= 15 is 0 Å². The van der Waals surface area contributed by atoms with Gasteiger partial charge in [-0.05, 0) is 23.3 Å². The standard InChI is InChI=1S/C23H15ClN2O/c24-18-13-19-22(17-9-5-2-6-10-17)20(15-26-23(19)25-14-18)21(27)12-11-16-7-3-1-4-8-16/h1-15H. The van der Waals surface area contributed by atoms with Crippen LogP contribution in [-0.4, -0.2) is 15.8 Å². The number of hydrogen-bond donors (Lipinski definition) is 0. The van der Waals surface area contributed by atoms with Crippen LogP contribution in [0.4, 0.5) is 0 Å². The van der Waals surface area contributed by atoms with Crippen LogP contribution >= 0.6 is 11.6 Å². The van der Waals surface area contributed by atoms with E-state index in [1.807, 2.05) is 60.7 Å². The van der Waals surface area contributed by atoms with Crippen molar-refractivity contribution in [2.75, 3.05) is 0 Å². The van der Waals surface area contributed by atoms with Crippen LogP contribution in [0.1, 0.15) is 15.9 Å². The van der Waals surface area contributed by atoms with Gasteiger partial charge >= 0.3 is 0 Å². The van der Waals surface area contributed by atoms with E-state index in [0.29, 0.717) is 16.2 Å². The molecule has 0 aliphatic rings. The van der Waals surface area contributed by atoms with Crippen molar-refractivity contribution in [1.82, 2.24) is 9.97 Å². The Balaban J connectivity index is 1.87. The van der Waals surface area contributed by atoms with Gasteiger partial charge < -0.3 is 0 Å². The summed E-state index contributed by atoms with van der Waals surface area (Å²) >= 11 is 6.16. The molecular weight excluding hydrogens is 356 g/mol. The molecule has 0 fully saturated rings. The lowest BCUT2D eigenvalue weighted by Gasteiger charge is -2.11. The quantitative estimate of drug-likeness (QED) is 0.334. The molecule has 27 heavy (non-hydrogen) atoms. The second-order valence-electron chi connectivity index (χ2n) is 6.05. The normalized spacial score (nSPS) is 11.1. The Morgan fingerprint density at radius 3 is 2.30 bits per heavy atom. The molecule has 0 saturated heterocycles. The number of ketones is 1. The van der Waals surface area contributed by atoms with Crippen LogP contribution < -0.4 is 0 Å². The number of carbonyl (C=O) groups excluding carboxylic acids is 1. The minimum absolute atomic E-state index is 0.118. The Kier molecular flexibility index (Phi) is 4.77. The summed E-state index contributed by atoms with van der Waals surface area (Å²) in [6.07, 6.45) is 6.52. The fourth-order valence-corrected chi connectivity index (χ4v) is 3.14. The number of allylic oxidation sites excluding steroid dienone is 1. The van der Waals surface area contributed by atoms with Gasteiger partial charge in [-0.1, -0.05) is 78.3 Å². The van der Waals surface area contributed by atoms with Crippen LogP contribution in [0.2, 0.25) is 5.02 Å². The Labute approximate surface area is 162 Å². The van der Waals surface area contributed by atoms with Gasteiger partial charge in [0, 0.05) is 28.9 Å². The van der Waals surface area contributed by atoms with Gasteiger partial charge in [0.2, 0.25) is 0 Å². The molecule has 0 amide bonds. The monoisotopic (exact) mass is 370 g/mol. The third-order valence-electron chi connectivity index (χ3n) is 4.24. The Morgan fingerprint density at radius 1 is 0.889 bits per heavy atom. The summed E-state index contributed by atoms with van der Waals surface area (Å²) in [6.45, 7) is 0. The van der Waals surface area contributed by atoms with E-state index in [9.17, 15) is 4.79 Å². The zero-order valence-corrected chi connectivity index (χ0v) is 15.1. The van der Waals surface area contributed by atoms with E-state index < -0.39 is 0 Å². The number of carbonyl (C=O) groups is 1.